The second-order valence-electron chi connectivity index (χ2n) is 4.12. The number of allylic oxidation sites excluding steroid dienone is 1. The second-order valence-corrected chi connectivity index (χ2v) is 4.12. The van der Waals surface area contributed by atoms with Crippen molar-refractivity contribution in [3.05, 3.63) is 47.7 Å². The third-order valence-corrected chi connectivity index (χ3v) is 2.39. The molecule has 0 bridgehead atoms. The zero-order valence-corrected chi connectivity index (χ0v) is 11.6. The highest BCUT2D eigenvalue weighted by Crippen LogP contribution is 2.20. The Morgan fingerprint density at radius 1 is 1.23 bits per heavy atom. The lowest BCUT2D eigenvalue weighted by Crippen LogP contribution is -2.29. The number of hydrogen-bond donors (Lipinski definition) is 1. The van der Waals surface area contributed by atoms with E-state index in [0.717, 1.165) is 7.11 Å². The van der Waals surface area contributed by atoms with Gasteiger partial charge in [-0.05, 0) is 11.6 Å². The fraction of sp³-hybridized carbons (Fsp3) is 0.286. The van der Waals surface area contributed by atoms with E-state index in [1.54, 1.807) is 30.3 Å². The van der Waals surface area contributed by atoms with Crippen LogP contribution in [0.25, 0.3) is 0 Å². The van der Waals surface area contributed by atoms with E-state index in [4.69, 9.17) is 4.74 Å². The Labute approximate surface area is 124 Å². The van der Waals surface area contributed by atoms with Crippen molar-refractivity contribution in [1.29, 1.82) is 0 Å². The molecule has 1 aromatic rings. The number of esters is 1. The smallest absolute Gasteiger partial charge is 0.412 e. The molecule has 0 radical (unpaired) electrons. The Bertz CT molecular complexity index is 541. The molecule has 0 spiro atoms. The molecule has 1 amide bonds. The van der Waals surface area contributed by atoms with Crippen LogP contribution in [0.1, 0.15) is 12.0 Å². The Hall–Kier alpha value is -2.51. The average molecular weight is 317 g/mol. The van der Waals surface area contributed by atoms with Crippen LogP contribution >= 0.6 is 0 Å². The second kappa shape index (κ2) is 8.06. The Morgan fingerprint density at radius 2 is 1.86 bits per heavy atom. The van der Waals surface area contributed by atoms with Crippen LogP contribution in [-0.2, 0) is 20.9 Å². The van der Waals surface area contributed by atoms with Gasteiger partial charge in [0.1, 0.15) is 12.3 Å². The number of amides is 1. The van der Waals surface area contributed by atoms with E-state index in [9.17, 15) is 22.8 Å². The molecule has 0 aliphatic carbocycles. The molecule has 0 aliphatic rings. The van der Waals surface area contributed by atoms with E-state index < -0.39 is 30.4 Å². The number of hydrogen-bond acceptors (Lipinski definition) is 4. The third-order valence-electron chi connectivity index (χ3n) is 2.39. The number of benzene rings is 1. The van der Waals surface area contributed by atoms with Crippen molar-refractivity contribution in [2.45, 2.75) is 19.2 Å². The van der Waals surface area contributed by atoms with Gasteiger partial charge in [-0.15, -0.1) is 0 Å². The maximum Gasteiger partial charge on any atom is 0.412 e. The predicted molar refractivity (Wildman–Crippen MR) is 70.5 cm³/mol. The zero-order chi connectivity index (χ0) is 16.6. The van der Waals surface area contributed by atoms with Crippen LogP contribution in [0.3, 0.4) is 0 Å². The first-order valence-electron chi connectivity index (χ1n) is 6.15. The number of alkyl carbamates (subject to hydrolysis) is 1. The van der Waals surface area contributed by atoms with Gasteiger partial charge in [-0.3, -0.25) is 5.32 Å². The van der Waals surface area contributed by atoms with Crippen molar-refractivity contribution in [3.63, 3.8) is 0 Å². The van der Waals surface area contributed by atoms with Crippen molar-refractivity contribution in [2.24, 2.45) is 0 Å². The molecular weight excluding hydrogens is 303 g/mol. The zero-order valence-electron chi connectivity index (χ0n) is 11.6. The first-order valence-corrected chi connectivity index (χ1v) is 6.15. The van der Waals surface area contributed by atoms with Crippen LogP contribution in [0.15, 0.2) is 42.1 Å². The van der Waals surface area contributed by atoms with Crippen LogP contribution in [0, 0.1) is 0 Å². The molecule has 0 saturated heterocycles. The SMILES string of the molecule is COC(=O)C(=CCC(F)(F)F)NC(=O)OCc1ccccc1. The van der Waals surface area contributed by atoms with Crippen LogP contribution < -0.4 is 5.32 Å². The van der Waals surface area contributed by atoms with E-state index in [1.165, 1.54) is 0 Å². The maximum absolute atomic E-state index is 12.1. The van der Waals surface area contributed by atoms with Crippen LogP contribution in [0.4, 0.5) is 18.0 Å². The molecule has 5 nitrogen and oxygen atoms in total. The number of ether oxygens (including phenoxy) is 2. The number of nitrogens with one attached hydrogen (secondary N) is 1. The summed E-state index contributed by atoms with van der Waals surface area (Å²) in [5.74, 6) is -1.10. The van der Waals surface area contributed by atoms with Crippen molar-refractivity contribution in [3.8, 4) is 0 Å². The summed E-state index contributed by atoms with van der Waals surface area (Å²) >= 11 is 0. The number of halogens is 3. The van der Waals surface area contributed by atoms with E-state index >= 15 is 0 Å². The summed E-state index contributed by atoms with van der Waals surface area (Å²) < 4.78 is 45.6. The molecular formula is C14H14F3NO4. The average Bonchev–Trinajstić information content (AvgIpc) is 2.48. The molecule has 0 fully saturated rings. The van der Waals surface area contributed by atoms with E-state index in [-0.39, 0.29) is 6.61 Å². The maximum atomic E-state index is 12.1. The Kier molecular flexibility index (Phi) is 6.43. The molecule has 0 unspecified atom stereocenters. The van der Waals surface area contributed by atoms with E-state index in [2.05, 4.69) is 4.74 Å². The minimum Gasteiger partial charge on any atom is -0.464 e. The van der Waals surface area contributed by atoms with E-state index in [1.807, 2.05) is 5.32 Å². The lowest BCUT2D eigenvalue weighted by Gasteiger charge is -2.10. The van der Waals surface area contributed by atoms with Gasteiger partial charge in [0.2, 0.25) is 0 Å². The van der Waals surface area contributed by atoms with Crippen molar-refractivity contribution < 1.29 is 32.2 Å². The highest BCUT2D eigenvalue weighted by Gasteiger charge is 2.27. The van der Waals surface area contributed by atoms with Crippen molar-refractivity contribution in [2.75, 3.05) is 7.11 Å². The molecule has 1 rings (SSSR count). The first-order chi connectivity index (χ1) is 10.3. The highest BCUT2D eigenvalue weighted by molar-refractivity contribution is 5.92. The standard InChI is InChI=1S/C14H14F3NO4/c1-21-12(19)11(7-8-14(15,16)17)18-13(20)22-9-10-5-3-2-4-6-10/h2-7H,8-9H2,1H3,(H,18,20). The van der Waals surface area contributed by atoms with Crippen LogP contribution in [0.2, 0.25) is 0 Å². The molecule has 1 N–H and O–H groups in total. The highest BCUT2D eigenvalue weighted by atomic mass is 19.4. The first kappa shape index (κ1) is 17.5. The van der Waals surface area contributed by atoms with Gasteiger partial charge in [-0.2, -0.15) is 13.2 Å². The van der Waals surface area contributed by atoms with Gasteiger partial charge in [0.15, 0.2) is 0 Å². The molecule has 22 heavy (non-hydrogen) atoms. The van der Waals surface area contributed by atoms with Crippen molar-refractivity contribution in [1.82, 2.24) is 5.32 Å². The number of methoxy groups -OCH3 is 1. The van der Waals surface area contributed by atoms with Crippen molar-refractivity contribution >= 4 is 12.1 Å². The fourth-order valence-corrected chi connectivity index (χ4v) is 1.38. The number of carbonyl (C=O) groups is 2. The van der Waals surface area contributed by atoms with E-state index in [0.29, 0.717) is 11.6 Å². The van der Waals surface area contributed by atoms with Gasteiger partial charge in [-0.25, -0.2) is 9.59 Å². The lowest BCUT2D eigenvalue weighted by atomic mass is 10.2. The molecule has 0 atom stereocenters. The van der Waals surface area contributed by atoms with Gasteiger partial charge >= 0.3 is 18.2 Å². The number of alkyl halides is 3. The quantitative estimate of drug-likeness (QED) is 0.670. The van der Waals surface area contributed by atoms with Crippen LogP contribution in [0.5, 0.6) is 0 Å². The van der Waals surface area contributed by atoms with Gasteiger partial charge in [0, 0.05) is 0 Å². The predicted octanol–water partition coefficient (Wildman–Crippen LogP) is 2.92. The summed E-state index contributed by atoms with van der Waals surface area (Å²) in [6.45, 7) is -0.0829. The molecule has 1 aromatic carbocycles. The summed E-state index contributed by atoms with van der Waals surface area (Å²) in [5, 5.41) is 1.94. The largest absolute Gasteiger partial charge is 0.464 e. The summed E-state index contributed by atoms with van der Waals surface area (Å²) in [4.78, 5) is 22.8. The summed E-state index contributed by atoms with van der Waals surface area (Å²) in [6.07, 6.45) is -6.41. The molecule has 0 aromatic heterocycles. The molecule has 8 heteroatoms. The fourth-order valence-electron chi connectivity index (χ4n) is 1.38. The monoisotopic (exact) mass is 317 g/mol. The lowest BCUT2D eigenvalue weighted by molar-refractivity contribution is -0.136. The van der Waals surface area contributed by atoms with Crippen LogP contribution in [-0.4, -0.2) is 25.3 Å². The van der Waals surface area contributed by atoms with Gasteiger partial charge < -0.3 is 9.47 Å². The van der Waals surface area contributed by atoms with Gasteiger partial charge in [-0.1, -0.05) is 30.3 Å². The molecule has 0 aliphatic heterocycles. The molecule has 0 heterocycles. The minimum absolute atomic E-state index is 0.0829. The number of rotatable bonds is 5. The summed E-state index contributed by atoms with van der Waals surface area (Å²) in [5.41, 5.74) is 0.0643. The Balaban J connectivity index is 2.61. The third kappa shape index (κ3) is 6.78. The minimum atomic E-state index is -4.51. The normalized spacial score (nSPS) is 11.7. The molecule has 0 saturated carbocycles. The topological polar surface area (TPSA) is 64.6 Å². The number of carbonyl (C=O) groups excluding carboxylic acids is 2. The molecule has 120 valence electrons. The summed E-state index contributed by atoms with van der Waals surface area (Å²) in [6, 6.07) is 8.65. The Morgan fingerprint density at radius 3 is 2.41 bits per heavy atom. The van der Waals surface area contributed by atoms with Gasteiger partial charge in [0.25, 0.3) is 0 Å². The van der Waals surface area contributed by atoms with Gasteiger partial charge in [0.05, 0.1) is 13.5 Å². The summed E-state index contributed by atoms with van der Waals surface area (Å²) in [7, 11) is 0.987.